The van der Waals surface area contributed by atoms with E-state index in [0.717, 1.165) is 54.3 Å². The standard InChI is InChI=1S/C29H51NO/c1-7-9-21-18-25-29(6,17-15-26(31)30-25)24-14-16-28(5)22(12-13-23(28)27(21)24)20(4)11-8-10-19(2)3/h19-25,27H,7-18H2,1-6H3,(H,30,31)/t20-,21?,22-,23+,24+,25-,27+,28-,29-/m1/s1. The van der Waals surface area contributed by atoms with Crippen molar-refractivity contribution in [3.63, 3.8) is 0 Å². The molecule has 9 atom stereocenters. The predicted octanol–water partition coefficient (Wildman–Crippen LogP) is 7.61. The molecule has 3 aliphatic carbocycles. The van der Waals surface area contributed by atoms with Crippen LogP contribution in [0.4, 0.5) is 0 Å². The van der Waals surface area contributed by atoms with Gasteiger partial charge in [-0.2, -0.15) is 0 Å². The summed E-state index contributed by atoms with van der Waals surface area (Å²) in [5.74, 6) is 6.46. The Morgan fingerprint density at radius 1 is 1.00 bits per heavy atom. The molecule has 2 heteroatoms. The third-order valence-electron chi connectivity index (χ3n) is 11.1. The Kier molecular flexibility index (Phi) is 6.87. The van der Waals surface area contributed by atoms with Gasteiger partial charge in [-0.3, -0.25) is 4.79 Å². The number of carbonyl (C=O) groups excluding carboxylic acids is 1. The maximum Gasteiger partial charge on any atom is 0.220 e. The van der Waals surface area contributed by atoms with Crippen LogP contribution in [0, 0.1) is 52.3 Å². The first-order valence-electron chi connectivity index (χ1n) is 14.0. The van der Waals surface area contributed by atoms with Crippen molar-refractivity contribution in [1.82, 2.24) is 5.32 Å². The molecule has 0 spiro atoms. The van der Waals surface area contributed by atoms with Crippen LogP contribution >= 0.6 is 0 Å². The van der Waals surface area contributed by atoms with Gasteiger partial charge >= 0.3 is 0 Å². The van der Waals surface area contributed by atoms with E-state index in [2.05, 4.69) is 46.9 Å². The maximum absolute atomic E-state index is 12.3. The lowest BCUT2D eigenvalue weighted by Crippen LogP contribution is -2.63. The molecule has 4 aliphatic rings. The van der Waals surface area contributed by atoms with Gasteiger partial charge in [-0.1, -0.05) is 73.6 Å². The monoisotopic (exact) mass is 429 g/mol. The predicted molar refractivity (Wildman–Crippen MR) is 131 cm³/mol. The molecule has 2 nitrogen and oxygen atoms in total. The van der Waals surface area contributed by atoms with Crippen molar-refractivity contribution in [1.29, 1.82) is 0 Å². The van der Waals surface area contributed by atoms with Crippen molar-refractivity contribution >= 4 is 5.91 Å². The smallest absolute Gasteiger partial charge is 0.220 e. The van der Waals surface area contributed by atoms with Crippen LogP contribution in [-0.2, 0) is 4.79 Å². The molecule has 0 aromatic heterocycles. The molecule has 1 heterocycles. The van der Waals surface area contributed by atoms with Crippen LogP contribution in [0.1, 0.15) is 119 Å². The van der Waals surface area contributed by atoms with Gasteiger partial charge in [0.2, 0.25) is 5.91 Å². The summed E-state index contributed by atoms with van der Waals surface area (Å²) in [6, 6.07) is 0.433. The fourth-order valence-corrected chi connectivity index (χ4v) is 9.55. The Bertz CT molecular complexity index is 643. The van der Waals surface area contributed by atoms with Gasteiger partial charge in [-0.15, -0.1) is 0 Å². The Morgan fingerprint density at radius 3 is 2.45 bits per heavy atom. The molecule has 31 heavy (non-hydrogen) atoms. The summed E-state index contributed by atoms with van der Waals surface area (Å²) >= 11 is 0. The fraction of sp³-hybridized carbons (Fsp3) is 0.966. The van der Waals surface area contributed by atoms with E-state index in [4.69, 9.17) is 0 Å². The first-order chi connectivity index (χ1) is 14.7. The minimum absolute atomic E-state index is 0.313. The third-order valence-corrected chi connectivity index (χ3v) is 11.1. The average Bonchev–Trinajstić information content (AvgIpc) is 3.06. The quantitative estimate of drug-likeness (QED) is 0.443. The molecule has 4 rings (SSSR count). The number of hydrogen-bond donors (Lipinski definition) is 1. The third kappa shape index (κ3) is 4.12. The van der Waals surface area contributed by atoms with Crippen LogP contribution in [0.5, 0.6) is 0 Å². The average molecular weight is 430 g/mol. The highest BCUT2D eigenvalue weighted by Crippen LogP contribution is 2.68. The molecule has 1 aliphatic heterocycles. The Morgan fingerprint density at radius 2 is 1.74 bits per heavy atom. The second-order valence-corrected chi connectivity index (χ2v) is 13.2. The minimum atomic E-state index is 0.313. The van der Waals surface area contributed by atoms with Crippen molar-refractivity contribution < 1.29 is 4.79 Å². The highest BCUT2D eigenvalue weighted by molar-refractivity contribution is 5.77. The van der Waals surface area contributed by atoms with Crippen molar-refractivity contribution in [3.05, 3.63) is 0 Å². The van der Waals surface area contributed by atoms with E-state index in [-0.39, 0.29) is 0 Å². The Labute approximate surface area is 193 Å². The van der Waals surface area contributed by atoms with Crippen LogP contribution in [0.15, 0.2) is 0 Å². The molecule has 1 saturated heterocycles. The summed E-state index contributed by atoms with van der Waals surface area (Å²) in [4.78, 5) is 12.3. The van der Waals surface area contributed by atoms with Gasteiger partial charge in [0.25, 0.3) is 0 Å². The second-order valence-electron chi connectivity index (χ2n) is 13.2. The molecule has 0 aromatic rings. The molecule has 0 aromatic carbocycles. The van der Waals surface area contributed by atoms with E-state index in [0.29, 0.717) is 22.8 Å². The summed E-state index contributed by atoms with van der Waals surface area (Å²) < 4.78 is 0. The molecule has 1 unspecified atom stereocenters. The number of carbonyl (C=O) groups is 1. The van der Waals surface area contributed by atoms with E-state index in [1.165, 1.54) is 64.2 Å². The Balaban J connectivity index is 1.55. The van der Waals surface area contributed by atoms with Crippen LogP contribution < -0.4 is 5.32 Å². The number of fused-ring (bicyclic) bond motifs is 5. The minimum Gasteiger partial charge on any atom is -0.353 e. The van der Waals surface area contributed by atoms with Crippen molar-refractivity contribution in [2.45, 2.75) is 125 Å². The second kappa shape index (κ2) is 9.02. The van der Waals surface area contributed by atoms with Gasteiger partial charge < -0.3 is 5.32 Å². The zero-order chi connectivity index (χ0) is 22.4. The molecule has 4 fully saturated rings. The molecule has 0 bridgehead atoms. The SMILES string of the molecule is CCCC1C[C@H]2NC(=O)CC[C@]2(C)[C@H]2CC[C@]3(C)[C@@H]([C@H](C)CCCC(C)C)CC[C@H]3[C@H]12. The fourth-order valence-electron chi connectivity index (χ4n) is 9.55. The van der Waals surface area contributed by atoms with E-state index in [1.807, 2.05) is 0 Å². The molecule has 3 saturated carbocycles. The first-order valence-corrected chi connectivity index (χ1v) is 14.0. The van der Waals surface area contributed by atoms with Gasteiger partial charge in [0.15, 0.2) is 0 Å². The number of rotatable bonds is 7. The highest BCUT2D eigenvalue weighted by atomic mass is 16.1. The van der Waals surface area contributed by atoms with Crippen LogP contribution in [-0.4, -0.2) is 11.9 Å². The van der Waals surface area contributed by atoms with Crippen molar-refractivity contribution in [3.8, 4) is 0 Å². The van der Waals surface area contributed by atoms with Gasteiger partial charge in [-0.25, -0.2) is 0 Å². The molecule has 0 radical (unpaired) electrons. The van der Waals surface area contributed by atoms with Crippen molar-refractivity contribution in [2.75, 3.05) is 0 Å². The lowest BCUT2D eigenvalue weighted by molar-refractivity contribution is -0.146. The molecular formula is C29H51NO. The van der Waals surface area contributed by atoms with Gasteiger partial charge in [0.1, 0.15) is 0 Å². The summed E-state index contributed by atoms with van der Waals surface area (Å²) in [5.41, 5.74) is 0.899. The van der Waals surface area contributed by atoms with Crippen LogP contribution in [0.3, 0.4) is 0 Å². The van der Waals surface area contributed by atoms with Gasteiger partial charge in [0.05, 0.1) is 0 Å². The lowest BCUT2D eigenvalue weighted by Gasteiger charge is -2.63. The van der Waals surface area contributed by atoms with E-state index in [1.54, 1.807) is 0 Å². The summed E-state index contributed by atoms with van der Waals surface area (Å²) in [6.07, 6.45) is 15.8. The summed E-state index contributed by atoms with van der Waals surface area (Å²) in [6.45, 7) is 15.0. The van der Waals surface area contributed by atoms with Gasteiger partial charge in [0, 0.05) is 12.5 Å². The number of hydrogen-bond acceptors (Lipinski definition) is 1. The Hall–Kier alpha value is -0.530. The van der Waals surface area contributed by atoms with Crippen molar-refractivity contribution in [2.24, 2.45) is 52.3 Å². The van der Waals surface area contributed by atoms with Gasteiger partial charge in [-0.05, 0) is 90.8 Å². The number of amides is 1. The number of nitrogens with one attached hydrogen (secondary N) is 1. The number of piperidine rings is 1. The largest absolute Gasteiger partial charge is 0.353 e. The highest BCUT2D eigenvalue weighted by Gasteiger charge is 2.62. The maximum atomic E-state index is 12.3. The zero-order valence-electron chi connectivity index (χ0n) is 21.5. The van der Waals surface area contributed by atoms with E-state index in [9.17, 15) is 4.79 Å². The normalized spacial score (nSPS) is 45.6. The van der Waals surface area contributed by atoms with E-state index >= 15 is 0 Å². The first kappa shape index (κ1) is 23.6. The molecule has 1 amide bonds. The van der Waals surface area contributed by atoms with E-state index < -0.39 is 0 Å². The molecular weight excluding hydrogens is 378 g/mol. The summed E-state index contributed by atoms with van der Waals surface area (Å²) in [5, 5.41) is 3.47. The topological polar surface area (TPSA) is 29.1 Å². The molecule has 1 N–H and O–H groups in total. The van der Waals surface area contributed by atoms with Crippen LogP contribution in [0.2, 0.25) is 0 Å². The lowest BCUT2D eigenvalue weighted by atomic mass is 9.44. The zero-order valence-corrected chi connectivity index (χ0v) is 21.5. The van der Waals surface area contributed by atoms with Crippen LogP contribution in [0.25, 0.3) is 0 Å². The molecule has 178 valence electrons. The summed E-state index contributed by atoms with van der Waals surface area (Å²) in [7, 11) is 0.